The molecule has 0 radical (unpaired) electrons. The molecular formula is C12H7ClN2S. The van der Waals surface area contributed by atoms with Crippen molar-refractivity contribution in [2.45, 2.75) is 4.90 Å². The van der Waals surface area contributed by atoms with Crippen molar-refractivity contribution in [1.29, 1.82) is 0 Å². The molecule has 0 unspecified atom stereocenters. The molecule has 78 valence electrons. The SMILES string of the molecule is ClSc1ccc2nc3ccccc3nc2c1. The van der Waals surface area contributed by atoms with Crippen LogP contribution < -0.4 is 0 Å². The fraction of sp³-hybridized carbons (Fsp3) is 0. The lowest BCUT2D eigenvalue weighted by Crippen LogP contribution is -1.86. The molecule has 4 heteroatoms. The van der Waals surface area contributed by atoms with E-state index < -0.39 is 0 Å². The number of para-hydroxylation sites is 2. The maximum Gasteiger partial charge on any atom is 0.0906 e. The fourth-order valence-electron chi connectivity index (χ4n) is 1.65. The number of hydrogen-bond acceptors (Lipinski definition) is 3. The maximum absolute atomic E-state index is 5.71. The van der Waals surface area contributed by atoms with Crippen LogP contribution in [0.4, 0.5) is 0 Å². The van der Waals surface area contributed by atoms with Gasteiger partial charge in [0.2, 0.25) is 0 Å². The molecule has 3 aromatic rings. The molecule has 0 saturated heterocycles. The summed E-state index contributed by atoms with van der Waals surface area (Å²) in [6.45, 7) is 0. The van der Waals surface area contributed by atoms with Crippen LogP contribution in [0, 0.1) is 0 Å². The fourth-order valence-corrected chi connectivity index (χ4v) is 2.21. The number of fused-ring (bicyclic) bond motifs is 2. The van der Waals surface area contributed by atoms with Gasteiger partial charge < -0.3 is 0 Å². The van der Waals surface area contributed by atoms with Crippen LogP contribution in [0.25, 0.3) is 22.1 Å². The molecule has 2 aromatic carbocycles. The third kappa shape index (κ3) is 1.62. The van der Waals surface area contributed by atoms with Crippen molar-refractivity contribution >= 4 is 43.7 Å². The minimum absolute atomic E-state index is 0.879. The van der Waals surface area contributed by atoms with Gasteiger partial charge in [-0.2, -0.15) is 0 Å². The van der Waals surface area contributed by atoms with Gasteiger partial charge in [-0.3, -0.25) is 0 Å². The summed E-state index contributed by atoms with van der Waals surface area (Å²) in [5, 5.41) is 0. The van der Waals surface area contributed by atoms with E-state index in [1.54, 1.807) is 0 Å². The van der Waals surface area contributed by atoms with E-state index in [2.05, 4.69) is 9.97 Å². The molecule has 0 amide bonds. The van der Waals surface area contributed by atoms with Gasteiger partial charge in [-0.05, 0) is 52.0 Å². The highest BCUT2D eigenvalue weighted by Crippen LogP contribution is 2.25. The molecule has 1 heterocycles. The van der Waals surface area contributed by atoms with Crippen molar-refractivity contribution in [1.82, 2.24) is 9.97 Å². The highest BCUT2D eigenvalue weighted by molar-refractivity contribution is 8.21. The monoisotopic (exact) mass is 246 g/mol. The molecule has 0 aliphatic rings. The zero-order valence-electron chi connectivity index (χ0n) is 8.22. The summed E-state index contributed by atoms with van der Waals surface area (Å²) < 4.78 is 0. The number of aromatic nitrogens is 2. The molecule has 2 nitrogen and oxygen atoms in total. The summed E-state index contributed by atoms with van der Waals surface area (Å²) in [6, 6.07) is 13.7. The number of halogens is 1. The highest BCUT2D eigenvalue weighted by atomic mass is 35.7. The Hall–Kier alpha value is -1.32. The van der Waals surface area contributed by atoms with E-state index in [-0.39, 0.29) is 0 Å². The van der Waals surface area contributed by atoms with Crippen LogP contribution in [-0.4, -0.2) is 9.97 Å². The Balaban J connectivity index is 2.37. The van der Waals surface area contributed by atoms with Gasteiger partial charge in [0.05, 0.1) is 22.1 Å². The predicted octanol–water partition coefficient (Wildman–Crippen LogP) is 4.03. The number of hydrogen-bond donors (Lipinski definition) is 0. The standard InChI is InChI=1S/C12H7ClN2S/c13-16-8-5-6-11-12(7-8)15-10-4-2-1-3-9(10)14-11/h1-7H. The van der Waals surface area contributed by atoms with Crippen molar-refractivity contribution in [3.63, 3.8) is 0 Å². The summed E-state index contributed by atoms with van der Waals surface area (Å²) in [5.74, 6) is 0. The van der Waals surface area contributed by atoms with E-state index in [0.29, 0.717) is 0 Å². The van der Waals surface area contributed by atoms with E-state index in [9.17, 15) is 0 Å². The van der Waals surface area contributed by atoms with E-state index >= 15 is 0 Å². The van der Waals surface area contributed by atoms with Gasteiger partial charge >= 0.3 is 0 Å². The average Bonchev–Trinajstić information content (AvgIpc) is 2.35. The van der Waals surface area contributed by atoms with Gasteiger partial charge in [0, 0.05) is 4.90 Å². The molecule has 0 fully saturated rings. The summed E-state index contributed by atoms with van der Waals surface area (Å²) >= 11 is 0. The Kier molecular flexibility index (Phi) is 2.42. The maximum atomic E-state index is 5.71. The van der Waals surface area contributed by atoms with Crippen LogP contribution in [0.5, 0.6) is 0 Å². The Labute approximate surface area is 101 Å². The number of nitrogens with zero attached hydrogens (tertiary/aromatic N) is 2. The third-order valence-corrected chi connectivity index (χ3v) is 3.37. The van der Waals surface area contributed by atoms with Gasteiger partial charge in [-0.15, -0.1) is 0 Å². The summed E-state index contributed by atoms with van der Waals surface area (Å²) in [5.41, 5.74) is 3.60. The molecule has 0 saturated carbocycles. The Bertz CT molecular complexity index is 669. The molecule has 0 bridgehead atoms. The smallest absolute Gasteiger partial charge is 0.0906 e. The zero-order valence-corrected chi connectivity index (χ0v) is 9.79. The second kappa shape index (κ2) is 3.92. The second-order valence-corrected chi connectivity index (χ2v) is 4.53. The zero-order chi connectivity index (χ0) is 11.0. The lowest BCUT2D eigenvalue weighted by atomic mass is 10.2. The molecule has 0 N–H and O–H groups in total. The van der Waals surface area contributed by atoms with Gasteiger partial charge in [0.15, 0.2) is 0 Å². The van der Waals surface area contributed by atoms with E-state index in [1.807, 2.05) is 42.5 Å². The molecule has 0 spiro atoms. The first-order valence-corrected chi connectivity index (χ1v) is 6.46. The minimum atomic E-state index is 0.879. The molecular weight excluding hydrogens is 240 g/mol. The first-order chi connectivity index (χ1) is 7.86. The molecule has 0 atom stereocenters. The lowest BCUT2D eigenvalue weighted by molar-refractivity contribution is 1.36. The first-order valence-electron chi connectivity index (χ1n) is 4.82. The van der Waals surface area contributed by atoms with Gasteiger partial charge in [-0.25, -0.2) is 9.97 Å². The van der Waals surface area contributed by atoms with Gasteiger partial charge in [0.25, 0.3) is 0 Å². The average molecular weight is 247 g/mol. The van der Waals surface area contributed by atoms with Crippen LogP contribution in [0.3, 0.4) is 0 Å². The largest absolute Gasteiger partial charge is 0.245 e. The topological polar surface area (TPSA) is 25.8 Å². The molecule has 1 aromatic heterocycles. The van der Waals surface area contributed by atoms with E-state index in [4.69, 9.17) is 10.7 Å². The van der Waals surface area contributed by atoms with Crippen LogP contribution in [0.2, 0.25) is 0 Å². The van der Waals surface area contributed by atoms with Gasteiger partial charge in [-0.1, -0.05) is 12.1 Å². The van der Waals surface area contributed by atoms with Crippen molar-refractivity contribution in [2.75, 3.05) is 0 Å². The van der Waals surface area contributed by atoms with Crippen molar-refractivity contribution in [2.24, 2.45) is 0 Å². The summed E-state index contributed by atoms with van der Waals surface area (Å²) in [6.07, 6.45) is 0. The third-order valence-electron chi connectivity index (χ3n) is 2.40. The summed E-state index contributed by atoms with van der Waals surface area (Å²) in [4.78, 5) is 10.1. The number of rotatable bonds is 1. The second-order valence-electron chi connectivity index (χ2n) is 3.44. The Morgan fingerprint density at radius 3 is 2.12 bits per heavy atom. The molecule has 0 aliphatic carbocycles. The van der Waals surface area contributed by atoms with Crippen LogP contribution in [0.1, 0.15) is 0 Å². The molecule has 0 aliphatic heterocycles. The lowest BCUT2D eigenvalue weighted by Gasteiger charge is -2.01. The minimum Gasteiger partial charge on any atom is -0.245 e. The summed E-state index contributed by atoms with van der Waals surface area (Å²) in [7, 11) is 6.91. The van der Waals surface area contributed by atoms with Crippen molar-refractivity contribution in [3.05, 3.63) is 42.5 Å². The van der Waals surface area contributed by atoms with E-state index in [0.717, 1.165) is 27.0 Å². The molecule has 3 rings (SSSR count). The quantitative estimate of drug-likeness (QED) is 0.607. The van der Waals surface area contributed by atoms with Crippen LogP contribution in [-0.2, 0) is 0 Å². The van der Waals surface area contributed by atoms with Crippen molar-refractivity contribution in [3.8, 4) is 0 Å². The normalized spacial score (nSPS) is 11.1. The van der Waals surface area contributed by atoms with Crippen molar-refractivity contribution < 1.29 is 0 Å². The van der Waals surface area contributed by atoms with Gasteiger partial charge in [0.1, 0.15) is 0 Å². The van der Waals surface area contributed by atoms with E-state index in [1.165, 1.54) is 11.0 Å². The molecule has 16 heavy (non-hydrogen) atoms. The van der Waals surface area contributed by atoms with Crippen LogP contribution >= 0.6 is 21.7 Å². The Morgan fingerprint density at radius 1 is 0.812 bits per heavy atom. The highest BCUT2D eigenvalue weighted by Gasteiger charge is 2.01. The van der Waals surface area contributed by atoms with Crippen LogP contribution in [0.15, 0.2) is 47.4 Å². The predicted molar refractivity (Wildman–Crippen MR) is 68.8 cm³/mol. The number of benzene rings is 2. The first kappa shape index (κ1) is 9.87. The Morgan fingerprint density at radius 2 is 1.44 bits per heavy atom.